The molecule has 0 bridgehead atoms. The van der Waals surface area contributed by atoms with Crippen molar-refractivity contribution in [3.63, 3.8) is 0 Å². The van der Waals surface area contributed by atoms with Crippen LogP contribution in [0.3, 0.4) is 0 Å². The summed E-state index contributed by atoms with van der Waals surface area (Å²) in [6.07, 6.45) is 5.71. The first-order chi connectivity index (χ1) is 11.1. The van der Waals surface area contributed by atoms with E-state index >= 15 is 0 Å². The number of hydrogen-bond acceptors (Lipinski definition) is 5. The first-order valence-electron chi connectivity index (χ1n) is 8.19. The van der Waals surface area contributed by atoms with E-state index in [1.165, 1.54) is 0 Å². The van der Waals surface area contributed by atoms with E-state index < -0.39 is 0 Å². The molecule has 1 saturated carbocycles. The van der Waals surface area contributed by atoms with Gasteiger partial charge in [0.05, 0.1) is 23.6 Å². The molecule has 0 amide bonds. The minimum absolute atomic E-state index is 0.0926. The zero-order chi connectivity index (χ0) is 16.0. The molecule has 23 heavy (non-hydrogen) atoms. The Bertz CT molecular complexity index is 685. The van der Waals surface area contributed by atoms with Gasteiger partial charge in [0.1, 0.15) is 5.84 Å². The van der Waals surface area contributed by atoms with Crippen molar-refractivity contribution in [3.8, 4) is 0 Å². The van der Waals surface area contributed by atoms with Crippen molar-refractivity contribution in [1.29, 1.82) is 5.41 Å². The Kier molecular flexibility index (Phi) is 3.45. The monoisotopic (exact) mass is 314 g/mol. The van der Waals surface area contributed by atoms with Crippen LogP contribution in [0.2, 0.25) is 0 Å². The van der Waals surface area contributed by atoms with Gasteiger partial charge < -0.3 is 15.8 Å². The molecule has 4 N–H and O–H groups in total. The van der Waals surface area contributed by atoms with E-state index in [9.17, 15) is 0 Å². The van der Waals surface area contributed by atoms with Crippen LogP contribution in [-0.2, 0) is 4.74 Å². The number of fused-ring (bicyclic) bond motifs is 1. The van der Waals surface area contributed by atoms with Gasteiger partial charge in [-0.05, 0) is 25.7 Å². The van der Waals surface area contributed by atoms with Crippen molar-refractivity contribution in [1.82, 2.24) is 15.1 Å². The molecule has 122 valence electrons. The van der Waals surface area contributed by atoms with Gasteiger partial charge in [0.25, 0.3) is 0 Å². The van der Waals surface area contributed by atoms with Gasteiger partial charge >= 0.3 is 0 Å². The largest absolute Gasteiger partial charge is 0.387 e. The number of amidine groups is 2. The summed E-state index contributed by atoms with van der Waals surface area (Å²) >= 11 is 0. The molecule has 0 aromatic carbocycles. The van der Waals surface area contributed by atoms with Crippen LogP contribution in [0.15, 0.2) is 17.8 Å². The van der Waals surface area contributed by atoms with Crippen LogP contribution in [0.1, 0.15) is 37.3 Å². The molecule has 0 spiro atoms. The molecule has 7 nitrogen and oxygen atoms in total. The van der Waals surface area contributed by atoms with Crippen LogP contribution < -0.4 is 11.1 Å². The van der Waals surface area contributed by atoms with Crippen molar-refractivity contribution >= 4 is 23.2 Å². The van der Waals surface area contributed by atoms with E-state index in [2.05, 4.69) is 17.0 Å². The molecule has 7 heteroatoms. The number of nitrogens with one attached hydrogen (secondary N) is 2. The summed E-state index contributed by atoms with van der Waals surface area (Å²) in [5.41, 5.74) is 7.49. The van der Waals surface area contributed by atoms with Crippen LogP contribution in [0.25, 0.3) is 5.70 Å². The van der Waals surface area contributed by atoms with E-state index in [0.29, 0.717) is 6.04 Å². The molecular formula is C16H22N6O. The highest BCUT2D eigenvalue weighted by atomic mass is 16.5. The smallest absolute Gasteiger partial charge is 0.162 e. The molecule has 2 atom stereocenters. The van der Waals surface area contributed by atoms with Gasteiger partial charge in [0, 0.05) is 30.7 Å². The molecule has 4 rings (SSSR count). The van der Waals surface area contributed by atoms with Crippen molar-refractivity contribution in [2.45, 2.75) is 31.7 Å². The first kappa shape index (κ1) is 14.4. The van der Waals surface area contributed by atoms with Crippen molar-refractivity contribution in [3.05, 3.63) is 18.3 Å². The fourth-order valence-corrected chi connectivity index (χ4v) is 3.62. The molecular weight excluding hydrogens is 292 g/mol. The standard InChI is InChI=1S/C16H22N6O/c1-9-13-8-19-22(10-4-6-23-7-5-10)16(13)21-15(20-9)12-3-2-11(12)14(17)18/h8,10-12H,1-7H2,(H3,17,18)(H,20,21)/t11-,12-/m1/s1. The fraction of sp³-hybridized carbons (Fsp3) is 0.562. The van der Waals surface area contributed by atoms with Crippen LogP contribution in [-0.4, -0.2) is 34.7 Å². The third-order valence-corrected chi connectivity index (χ3v) is 5.16. The minimum atomic E-state index is 0.0926. The van der Waals surface area contributed by atoms with Gasteiger partial charge in [0.15, 0.2) is 5.82 Å². The summed E-state index contributed by atoms with van der Waals surface area (Å²) in [5, 5.41) is 15.6. The normalized spacial score (nSPS) is 27.7. The first-order valence-corrected chi connectivity index (χ1v) is 8.19. The Hall–Kier alpha value is -2.15. The summed E-state index contributed by atoms with van der Waals surface area (Å²) in [6, 6.07) is 0.327. The van der Waals surface area contributed by atoms with Crippen molar-refractivity contribution < 1.29 is 4.74 Å². The summed E-state index contributed by atoms with van der Waals surface area (Å²) in [6.45, 7) is 5.66. The van der Waals surface area contributed by atoms with Crippen LogP contribution in [0, 0.1) is 17.2 Å². The Morgan fingerprint density at radius 1 is 1.35 bits per heavy atom. The highest BCUT2D eigenvalue weighted by Crippen LogP contribution is 2.39. The third kappa shape index (κ3) is 2.35. The topological polar surface area (TPSA) is 101 Å². The van der Waals surface area contributed by atoms with E-state index in [4.69, 9.17) is 20.9 Å². The summed E-state index contributed by atoms with van der Waals surface area (Å²) in [4.78, 5) is 4.84. The fourth-order valence-electron chi connectivity index (χ4n) is 3.62. The Balaban J connectivity index is 1.67. The van der Waals surface area contributed by atoms with Crippen molar-refractivity contribution in [2.75, 3.05) is 13.2 Å². The Morgan fingerprint density at radius 2 is 2.13 bits per heavy atom. The van der Waals surface area contributed by atoms with E-state index in [-0.39, 0.29) is 17.7 Å². The maximum Gasteiger partial charge on any atom is 0.162 e. The van der Waals surface area contributed by atoms with E-state index in [0.717, 1.165) is 61.8 Å². The Morgan fingerprint density at radius 3 is 2.78 bits per heavy atom. The molecule has 1 aliphatic carbocycles. The predicted octanol–water partition coefficient (Wildman–Crippen LogP) is 1.80. The average Bonchev–Trinajstić information content (AvgIpc) is 2.91. The van der Waals surface area contributed by atoms with E-state index in [1.54, 1.807) is 0 Å². The lowest BCUT2D eigenvalue weighted by molar-refractivity contribution is 0.0667. The minimum Gasteiger partial charge on any atom is -0.387 e. The number of aliphatic imine (C=N–C) groups is 1. The van der Waals surface area contributed by atoms with Crippen LogP contribution in [0.4, 0.5) is 5.82 Å². The van der Waals surface area contributed by atoms with Gasteiger partial charge in [-0.3, -0.25) is 5.41 Å². The number of aromatic nitrogens is 2. The number of hydrogen-bond donors (Lipinski definition) is 3. The highest BCUT2D eigenvalue weighted by molar-refractivity contribution is 6.01. The maximum absolute atomic E-state index is 7.71. The van der Waals surface area contributed by atoms with Gasteiger partial charge in [-0.2, -0.15) is 5.10 Å². The number of nitrogens with two attached hydrogens (primary N) is 1. The predicted molar refractivity (Wildman–Crippen MR) is 88.7 cm³/mol. The summed E-state index contributed by atoms with van der Waals surface area (Å²) in [7, 11) is 0. The molecule has 0 radical (unpaired) electrons. The molecule has 1 aromatic rings. The van der Waals surface area contributed by atoms with Gasteiger partial charge in [-0.15, -0.1) is 0 Å². The lowest BCUT2D eigenvalue weighted by Crippen LogP contribution is -2.46. The lowest BCUT2D eigenvalue weighted by Gasteiger charge is -2.38. The molecule has 2 fully saturated rings. The molecule has 3 aliphatic rings. The highest BCUT2D eigenvalue weighted by Gasteiger charge is 2.39. The van der Waals surface area contributed by atoms with E-state index in [1.807, 2.05) is 10.9 Å². The van der Waals surface area contributed by atoms with Crippen LogP contribution >= 0.6 is 0 Å². The molecule has 2 aliphatic heterocycles. The lowest BCUT2D eigenvalue weighted by atomic mass is 9.72. The Labute approximate surface area is 135 Å². The zero-order valence-electron chi connectivity index (χ0n) is 13.1. The number of ether oxygens (including phenoxy) is 1. The summed E-state index contributed by atoms with van der Waals surface area (Å²) in [5.74, 6) is 2.29. The second kappa shape index (κ2) is 5.49. The van der Waals surface area contributed by atoms with Crippen molar-refractivity contribution in [2.24, 2.45) is 22.6 Å². The number of rotatable bonds is 3. The number of nitrogens with zero attached hydrogens (tertiary/aromatic N) is 3. The maximum atomic E-state index is 7.71. The molecule has 1 aromatic heterocycles. The molecule has 0 unspecified atom stereocenters. The summed E-state index contributed by atoms with van der Waals surface area (Å²) < 4.78 is 7.46. The zero-order valence-corrected chi connectivity index (χ0v) is 13.1. The van der Waals surface area contributed by atoms with Crippen LogP contribution in [0.5, 0.6) is 0 Å². The SMILES string of the molecule is C=C1NC([C@@H]2CC[C@H]2C(=N)N)=Nc2c1cnn2C1CCOCC1. The van der Waals surface area contributed by atoms with Gasteiger partial charge in [-0.1, -0.05) is 6.58 Å². The molecule has 1 saturated heterocycles. The molecule has 3 heterocycles. The average molecular weight is 314 g/mol. The quantitative estimate of drug-likeness (QED) is 0.585. The second-order valence-electron chi connectivity index (χ2n) is 6.52. The van der Waals surface area contributed by atoms with Gasteiger partial charge in [-0.25, -0.2) is 9.67 Å². The third-order valence-electron chi connectivity index (χ3n) is 5.16. The van der Waals surface area contributed by atoms with Gasteiger partial charge in [0.2, 0.25) is 0 Å². The second-order valence-corrected chi connectivity index (χ2v) is 6.52.